The van der Waals surface area contributed by atoms with Gasteiger partial charge in [-0.05, 0) is 89.8 Å². The normalized spacial score (nSPS) is 13.1. The van der Waals surface area contributed by atoms with Gasteiger partial charge in [0.2, 0.25) is 0 Å². The largest absolute Gasteiger partial charge is 0.479 e. The molecule has 0 saturated heterocycles. The van der Waals surface area contributed by atoms with Crippen LogP contribution in [0.15, 0.2) is 24.3 Å². The Balaban J connectivity index is 2.09. The number of aryl methyl sites for hydroxylation is 3. The standard InChI is InChI=1S/C29H37N3O6/c1-8-9-10-11-20-23-21(32-31-20)12-13-22(24(23)26(34)38-28(4,5)6)37-25-17(2)14-19(15-18(25)3)30-29(7,16-33)27(35)36/h12-16,30H,8-11H2,1-7H3,(H,31,32)(H,35,36). The Hall–Kier alpha value is -3.88. The second-order valence-corrected chi connectivity index (χ2v) is 10.8. The molecule has 1 aromatic heterocycles. The van der Waals surface area contributed by atoms with E-state index in [0.29, 0.717) is 52.0 Å². The first-order valence-corrected chi connectivity index (χ1v) is 12.8. The van der Waals surface area contributed by atoms with Crippen molar-refractivity contribution < 1.29 is 29.0 Å². The lowest BCUT2D eigenvalue weighted by Gasteiger charge is -2.23. The summed E-state index contributed by atoms with van der Waals surface area (Å²) in [6.07, 6.45) is 4.13. The minimum absolute atomic E-state index is 0.304. The number of carbonyl (C=O) groups excluding carboxylic acids is 2. The second kappa shape index (κ2) is 11.2. The third kappa shape index (κ3) is 6.33. The monoisotopic (exact) mass is 523 g/mol. The molecule has 0 aliphatic heterocycles. The van der Waals surface area contributed by atoms with Gasteiger partial charge in [0.1, 0.15) is 22.7 Å². The smallest absolute Gasteiger partial charge is 0.343 e. The molecule has 9 nitrogen and oxygen atoms in total. The second-order valence-electron chi connectivity index (χ2n) is 10.8. The SMILES string of the molecule is CCCCCc1n[nH]c2ccc(Oc3c(C)cc(NC(C)(C=O)C(=O)O)cc3C)c(C(=O)OC(C)(C)C)c12. The fourth-order valence-electron chi connectivity index (χ4n) is 4.23. The molecule has 0 bridgehead atoms. The number of aldehydes is 1. The van der Waals surface area contributed by atoms with E-state index in [1.165, 1.54) is 6.92 Å². The number of carboxylic acids is 1. The lowest BCUT2D eigenvalue weighted by Crippen LogP contribution is -2.45. The minimum Gasteiger partial charge on any atom is -0.479 e. The predicted molar refractivity (Wildman–Crippen MR) is 146 cm³/mol. The first kappa shape index (κ1) is 28.7. The number of unbranched alkanes of at least 4 members (excludes halogenated alkanes) is 2. The van der Waals surface area contributed by atoms with Gasteiger partial charge in [0, 0.05) is 11.1 Å². The quantitative estimate of drug-likeness (QED) is 0.119. The highest BCUT2D eigenvalue weighted by molar-refractivity contribution is 6.07. The average molecular weight is 524 g/mol. The number of carboxylic acid groups (broad SMARTS) is 1. The third-order valence-corrected chi connectivity index (χ3v) is 6.14. The highest BCUT2D eigenvalue weighted by Gasteiger charge is 2.33. The number of esters is 1. The molecule has 3 rings (SSSR count). The van der Waals surface area contributed by atoms with Gasteiger partial charge in [-0.25, -0.2) is 9.59 Å². The van der Waals surface area contributed by atoms with E-state index >= 15 is 0 Å². The molecule has 1 unspecified atom stereocenters. The molecule has 3 N–H and O–H groups in total. The number of nitrogens with zero attached hydrogens (tertiary/aromatic N) is 1. The van der Waals surface area contributed by atoms with Crippen molar-refractivity contribution in [1.29, 1.82) is 0 Å². The van der Waals surface area contributed by atoms with Gasteiger partial charge in [0.25, 0.3) is 0 Å². The summed E-state index contributed by atoms with van der Waals surface area (Å²) in [7, 11) is 0. The molecule has 204 valence electrons. The highest BCUT2D eigenvalue weighted by atomic mass is 16.6. The van der Waals surface area contributed by atoms with Crippen LogP contribution in [0.5, 0.6) is 11.5 Å². The molecule has 0 fully saturated rings. The average Bonchev–Trinajstić information content (AvgIpc) is 3.23. The van der Waals surface area contributed by atoms with Crippen molar-refractivity contribution in [3.63, 3.8) is 0 Å². The van der Waals surface area contributed by atoms with E-state index in [1.807, 2.05) is 40.7 Å². The number of H-pyrrole nitrogens is 1. The maximum absolute atomic E-state index is 13.5. The summed E-state index contributed by atoms with van der Waals surface area (Å²) >= 11 is 0. The van der Waals surface area contributed by atoms with Gasteiger partial charge >= 0.3 is 11.9 Å². The van der Waals surface area contributed by atoms with Crippen LogP contribution >= 0.6 is 0 Å². The summed E-state index contributed by atoms with van der Waals surface area (Å²) in [5.41, 5.74) is 1.17. The molecule has 0 amide bonds. The third-order valence-electron chi connectivity index (χ3n) is 6.14. The van der Waals surface area contributed by atoms with Gasteiger partial charge in [0.05, 0.1) is 11.2 Å². The zero-order valence-corrected chi connectivity index (χ0v) is 23.2. The van der Waals surface area contributed by atoms with Crippen molar-refractivity contribution in [2.75, 3.05) is 5.32 Å². The maximum Gasteiger partial charge on any atom is 0.343 e. The summed E-state index contributed by atoms with van der Waals surface area (Å²) in [5, 5.41) is 20.4. The number of aromatic amines is 1. The molecular formula is C29H37N3O6. The summed E-state index contributed by atoms with van der Waals surface area (Å²) in [6.45, 7) is 12.5. The Morgan fingerprint density at radius 2 is 1.76 bits per heavy atom. The summed E-state index contributed by atoms with van der Waals surface area (Å²) < 4.78 is 12.1. The van der Waals surface area contributed by atoms with Crippen molar-refractivity contribution in [3.05, 3.63) is 46.6 Å². The van der Waals surface area contributed by atoms with E-state index in [2.05, 4.69) is 22.4 Å². The van der Waals surface area contributed by atoms with E-state index in [-0.39, 0.29) is 0 Å². The van der Waals surface area contributed by atoms with E-state index in [0.717, 1.165) is 30.5 Å². The summed E-state index contributed by atoms with van der Waals surface area (Å²) in [4.78, 5) is 36.5. The number of hydrogen-bond acceptors (Lipinski definition) is 7. The zero-order valence-electron chi connectivity index (χ0n) is 23.2. The van der Waals surface area contributed by atoms with Gasteiger partial charge in [0.15, 0.2) is 11.8 Å². The minimum atomic E-state index is -1.77. The van der Waals surface area contributed by atoms with Crippen LogP contribution in [0, 0.1) is 13.8 Å². The van der Waals surface area contributed by atoms with E-state index in [1.54, 1.807) is 18.2 Å². The number of nitrogens with one attached hydrogen (secondary N) is 2. The van der Waals surface area contributed by atoms with Crippen molar-refractivity contribution in [3.8, 4) is 11.5 Å². The molecule has 0 aliphatic rings. The van der Waals surface area contributed by atoms with E-state index in [9.17, 15) is 19.5 Å². The molecule has 3 aromatic rings. The Labute approximate surface area is 222 Å². The predicted octanol–water partition coefficient (Wildman–Crippen LogP) is 6.11. The summed E-state index contributed by atoms with van der Waals surface area (Å²) in [5.74, 6) is -0.944. The van der Waals surface area contributed by atoms with Gasteiger partial charge in [-0.15, -0.1) is 0 Å². The van der Waals surface area contributed by atoms with Crippen LogP contribution in [0.2, 0.25) is 0 Å². The Kier molecular flexibility index (Phi) is 8.49. The number of aromatic nitrogens is 2. The lowest BCUT2D eigenvalue weighted by molar-refractivity contribution is -0.143. The van der Waals surface area contributed by atoms with E-state index < -0.39 is 23.1 Å². The fraction of sp³-hybridized carbons (Fsp3) is 0.448. The van der Waals surface area contributed by atoms with Gasteiger partial charge in [-0.2, -0.15) is 5.10 Å². The molecule has 0 spiro atoms. The van der Waals surface area contributed by atoms with Crippen LogP contribution in [-0.2, 0) is 20.7 Å². The number of hydrogen-bond donors (Lipinski definition) is 3. The topological polar surface area (TPSA) is 131 Å². The molecule has 0 radical (unpaired) electrons. The highest BCUT2D eigenvalue weighted by Crippen LogP contribution is 2.38. The lowest BCUT2D eigenvalue weighted by atomic mass is 10.0. The molecular weight excluding hydrogens is 486 g/mol. The number of carbonyl (C=O) groups is 3. The van der Waals surface area contributed by atoms with Crippen molar-refractivity contribution in [1.82, 2.24) is 10.2 Å². The number of benzene rings is 2. The van der Waals surface area contributed by atoms with Crippen LogP contribution in [0.3, 0.4) is 0 Å². The molecule has 1 atom stereocenters. The number of aliphatic carboxylic acids is 1. The molecule has 9 heteroatoms. The molecule has 0 saturated carbocycles. The number of rotatable bonds is 11. The molecule has 1 heterocycles. The Morgan fingerprint density at radius 1 is 1.11 bits per heavy atom. The van der Waals surface area contributed by atoms with Gasteiger partial charge in [-0.1, -0.05) is 19.8 Å². The van der Waals surface area contributed by atoms with Crippen LogP contribution < -0.4 is 10.1 Å². The van der Waals surface area contributed by atoms with Crippen molar-refractivity contribution in [2.45, 2.75) is 85.3 Å². The van der Waals surface area contributed by atoms with Crippen LogP contribution in [0.1, 0.15) is 81.1 Å². The Morgan fingerprint density at radius 3 is 2.32 bits per heavy atom. The molecule has 38 heavy (non-hydrogen) atoms. The van der Waals surface area contributed by atoms with Crippen LogP contribution in [0.25, 0.3) is 10.9 Å². The number of anilines is 1. The van der Waals surface area contributed by atoms with E-state index in [4.69, 9.17) is 9.47 Å². The maximum atomic E-state index is 13.5. The summed E-state index contributed by atoms with van der Waals surface area (Å²) in [6, 6.07) is 6.95. The molecule has 0 aliphatic carbocycles. The first-order chi connectivity index (χ1) is 17.8. The number of fused-ring (bicyclic) bond motifs is 1. The van der Waals surface area contributed by atoms with Crippen LogP contribution in [-0.4, -0.2) is 44.7 Å². The number of ether oxygens (including phenoxy) is 2. The van der Waals surface area contributed by atoms with Crippen molar-refractivity contribution in [2.24, 2.45) is 0 Å². The van der Waals surface area contributed by atoms with Crippen molar-refractivity contribution >= 4 is 34.8 Å². The fourth-order valence-corrected chi connectivity index (χ4v) is 4.23. The van der Waals surface area contributed by atoms with Gasteiger partial charge in [-0.3, -0.25) is 5.10 Å². The zero-order chi connectivity index (χ0) is 28.3. The van der Waals surface area contributed by atoms with Gasteiger partial charge < -0.3 is 24.7 Å². The Bertz CT molecular complexity index is 1330. The molecule has 2 aromatic carbocycles. The van der Waals surface area contributed by atoms with Crippen LogP contribution in [0.4, 0.5) is 5.69 Å². The first-order valence-electron chi connectivity index (χ1n) is 12.8.